The van der Waals surface area contributed by atoms with Gasteiger partial charge in [0.15, 0.2) is 6.29 Å². The summed E-state index contributed by atoms with van der Waals surface area (Å²) in [5.74, 6) is 0.529. The third-order valence-corrected chi connectivity index (χ3v) is 2.72. The van der Waals surface area contributed by atoms with Crippen LogP contribution < -0.4 is 0 Å². The van der Waals surface area contributed by atoms with E-state index >= 15 is 0 Å². The second-order valence-corrected chi connectivity index (χ2v) is 3.95. The van der Waals surface area contributed by atoms with Crippen molar-refractivity contribution in [3.8, 4) is 17.1 Å². The van der Waals surface area contributed by atoms with Crippen LogP contribution >= 0.6 is 0 Å². The van der Waals surface area contributed by atoms with Crippen LogP contribution in [0.1, 0.15) is 10.4 Å². The minimum atomic E-state index is 0.527. The normalized spacial score (nSPS) is 10.3. The Bertz CT molecular complexity index is 706. The fourth-order valence-corrected chi connectivity index (χ4v) is 1.79. The Kier molecular flexibility index (Phi) is 2.86. The number of carbonyl (C=O) groups is 1. The van der Waals surface area contributed by atoms with E-state index in [4.69, 9.17) is 0 Å². The molecule has 0 atom stereocenters. The summed E-state index contributed by atoms with van der Waals surface area (Å²) < 4.78 is 0. The van der Waals surface area contributed by atoms with Crippen LogP contribution in [0.2, 0.25) is 0 Å². The maximum absolute atomic E-state index is 11.0. The van der Waals surface area contributed by atoms with Crippen LogP contribution in [0.3, 0.4) is 0 Å². The third-order valence-electron chi connectivity index (χ3n) is 2.72. The molecule has 1 heterocycles. The quantitative estimate of drug-likeness (QED) is 0.668. The van der Waals surface area contributed by atoms with Crippen molar-refractivity contribution in [2.24, 2.45) is 0 Å². The topological polar surface area (TPSA) is 60.7 Å². The molecule has 19 heavy (non-hydrogen) atoms. The van der Waals surface area contributed by atoms with Gasteiger partial charge in [0.25, 0.3) is 0 Å². The van der Waals surface area contributed by atoms with Crippen LogP contribution in [-0.4, -0.2) is 26.5 Å². The number of para-hydroxylation sites is 1. The van der Waals surface area contributed by atoms with E-state index in [-0.39, 0.29) is 0 Å². The zero-order valence-corrected chi connectivity index (χ0v) is 9.97. The Balaban J connectivity index is 2.04. The van der Waals surface area contributed by atoms with E-state index in [1.165, 1.54) is 4.80 Å². The van der Waals surface area contributed by atoms with Gasteiger partial charge in [0, 0.05) is 11.1 Å². The highest BCUT2D eigenvalue weighted by molar-refractivity contribution is 5.80. The monoisotopic (exact) mass is 250 g/mol. The molecule has 0 aliphatic carbocycles. The molecule has 0 aliphatic rings. The number of carbonyl (C=O) groups excluding carboxylic acids is 1. The fraction of sp³-hybridized carbons (Fsp3) is 0. The fourth-order valence-electron chi connectivity index (χ4n) is 1.79. The molecule has 0 unspecified atom stereocenters. The van der Waals surface area contributed by atoms with E-state index in [2.05, 4.69) is 15.4 Å². The summed E-state index contributed by atoms with van der Waals surface area (Å²) in [4.78, 5) is 12.4. The van der Waals surface area contributed by atoms with E-state index in [0.717, 1.165) is 11.8 Å². The summed E-state index contributed by atoms with van der Waals surface area (Å²) in [6, 6.07) is 16.7. The van der Waals surface area contributed by atoms with Gasteiger partial charge in [-0.15, -0.1) is 15.0 Å². The van der Waals surface area contributed by atoms with Gasteiger partial charge in [-0.05, 0) is 17.3 Å². The highest BCUT2D eigenvalue weighted by Crippen LogP contribution is 2.15. The summed E-state index contributed by atoms with van der Waals surface area (Å²) >= 11 is 0. The minimum Gasteiger partial charge on any atom is -0.298 e. The summed E-state index contributed by atoms with van der Waals surface area (Å²) in [7, 11) is 0. The van der Waals surface area contributed by atoms with Crippen LogP contribution in [0.4, 0.5) is 0 Å². The maximum Gasteiger partial charge on any atom is 0.205 e. The Morgan fingerprint density at radius 1 is 0.947 bits per heavy atom. The number of nitrogens with zero attached hydrogens (tertiary/aromatic N) is 4. The van der Waals surface area contributed by atoms with Crippen molar-refractivity contribution in [1.29, 1.82) is 0 Å². The molecule has 0 N–H and O–H groups in total. The third kappa shape index (κ3) is 2.13. The molecule has 3 rings (SSSR count). The molecule has 92 valence electrons. The van der Waals surface area contributed by atoms with Crippen molar-refractivity contribution in [2.75, 3.05) is 0 Å². The Hall–Kier alpha value is -2.82. The number of hydrogen-bond donors (Lipinski definition) is 0. The predicted octanol–water partition coefficient (Wildman–Crippen LogP) is 2.14. The molecule has 0 amide bonds. The maximum atomic E-state index is 11.0. The molecule has 0 radical (unpaired) electrons. The molecule has 3 aromatic rings. The standard InChI is InChI=1S/C14H10N4O/c19-10-12-8-4-5-9-13(12)18-16-14(15-17-18)11-6-2-1-3-7-11/h1-10H. The number of hydrogen-bond acceptors (Lipinski definition) is 4. The average molecular weight is 250 g/mol. The Morgan fingerprint density at radius 3 is 2.47 bits per heavy atom. The molecule has 0 fully saturated rings. The molecule has 0 saturated carbocycles. The number of aromatic nitrogens is 4. The lowest BCUT2D eigenvalue weighted by Crippen LogP contribution is -2.02. The van der Waals surface area contributed by atoms with E-state index < -0.39 is 0 Å². The molecular formula is C14H10N4O. The first-order valence-electron chi connectivity index (χ1n) is 5.78. The van der Waals surface area contributed by atoms with E-state index in [1.807, 2.05) is 36.4 Å². The van der Waals surface area contributed by atoms with Crippen molar-refractivity contribution in [1.82, 2.24) is 20.2 Å². The molecule has 5 nitrogen and oxygen atoms in total. The lowest BCUT2D eigenvalue weighted by molar-refractivity contribution is 0.112. The first-order valence-corrected chi connectivity index (χ1v) is 5.78. The van der Waals surface area contributed by atoms with E-state index in [9.17, 15) is 4.79 Å². The Labute approximate surface area is 109 Å². The largest absolute Gasteiger partial charge is 0.298 e. The van der Waals surface area contributed by atoms with E-state index in [0.29, 0.717) is 17.1 Å². The zero-order valence-electron chi connectivity index (χ0n) is 9.97. The van der Waals surface area contributed by atoms with Crippen molar-refractivity contribution in [3.63, 3.8) is 0 Å². The molecule has 0 spiro atoms. The Morgan fingerprint density at radius 2 is 1.68 bits per heavy atom. The highest BCUT2D eigenvalue weighted by Gasteiger charge is 2.09. The molecule has 0 saturated heterocycles. The van der Waals surface area contributed by atoms with Crippen molar-refractivity contribution in [2.45, 2.75) is 0 Å². The van der Waals surface area contributed by atoms with Crippen LogP contribution in [-0.2, 0) is 0 Å². The summed E-state index contributed by atoms with van der Waals surface area (Å²) in [6.45, 7) is 0. The molecule has 0 bridgehead atoms. The SMILES string of the molecule is O=Cc1ccccc1-n1nnc(-c2ccccc2)n1. The van der Waals surface area contributed by atoms with Gasteiger partial charge < -0.3 is 0 Å². The van der Waals surface area contributed by atoms with Gasteiger partial charge in [-0.25, -0.2) is 0 Å². The molecule has 1 aromatic heterocycles. The number of aldehydes is 1. The first kappa shape index (κ1) is 11.3. The van der Waals surface area contributed by atoms with Crippen LogP contribution in [0, 0.1) is 0 Å². The second-order valence-electron chi connectivity index (χ2n) is 3.95. The van der Waals surface area contributed by atoms with Gasteiger partial charge in [0.05, 0.1) is 5.69 Å². The molecule has 5 heteroatoms. The van der Waals surface area contributed by atoms with Crippen LogP contribution in [0.15, 0.2) is 54.6 Å². The lowest BCUT2D eigenvalue weighted by atomic mass is 10.2. The number of rotatable bonds is 3. The van der Waals surface area contributed by atoms with Crippen LogP contribution in [0.25, 0.3) is 17.1 Å². The van der Waals surface area contributed by atoms with Crippen molar-refractivity contribution >= 4 is 6.29 Å². The number of benzene rings is 2. The van der Waals surface area contributed by atoms with Crippen molar-refractivity contribution < 1.29 is 4.79 Å². The van der Waals surface area contributed by atoms with Gasteiger partial charge in [0.1, 0.15) is 0 Å². The lowest BCUT2D eigenvalue weighted by Gasteiger charge is -2.00. The van der Waals surface area contributed by atoms with Gasteiger partial charge in [-0.3, -0.25) is 4.79 Å². The summed E-state index contributed by atoms with van der Waals surface area (Å²) in [6.07, 6.45) is 0.779. The molecular weight excluding hydrogens is 240 g/mol. The highest BCUT2D eigenvalue weighted by atomic mass is 16.1. The zero-order chi connectivity index (χ0) is 13.1. The van der Waals surface area contributed by atoms with Gasteiger partial charge in [0.2, 0.25) is 5.82 Å². The molecule has 0 aliphatic heterocycles. The van der Waals surface area contributed by atoms with Gasteiger partial charge >= 0.3 is 0 Å². The van der Waals surface area contributed by atoms with Crippen LogP contribution in [0.5, 0.6) is 0 Å². The predicted molar refractivity (Wildman–Crippen MR) is 70.0 cm³/mol. The average Bonchev–Trinajstić information content (AvgIpc) is 2.98. The van der Waals surface area contributed by atoms with Gasteiger partial charge in [-0.2, -0.15) is 0 Å². The summed E-state index contributed by atoms with van der Waals surface area (Å²) in [5.41, 5.74) is 2.03. The minimum absolute atomic E-state index is 0.527. The van der Waals surface area contributed by atoms with Gasteiger partial charge in [-0.1, -0.05) is 42.5 Å². The molecule has 2 aromatic carbocycles. The van der Waals surface area contributed by atoms with E-state index in [1.54, 1.807) is 18.2 Å². The first-order chi connectivity index (χ1) is 9.38. The smallest absolute Gasteiger partial charge is 0.205 e. The summed E-state index contributed by atoms with van der Waals surface area (Å²) in [5, 5.41) is 12.3. The number of tetrazole rings is 1. The van der Waals surface area contributed by atoms with Crippen molar-refractivity contribution in [3.05, 3.63) is 60.2 Å². The second kappa shape index (κ2) is 4.81.